The number of thioether (sulfide) groups is 1. The SMILES string of the molecule is CN1CCOC2(CCSC2)C1. The number of nitrogens with zero attached hydrogens (tertiary/aromatic N) is 1. The van der Waals surface area contributed by atoms with Gasteiger partial charge >= 0.3 is 0 Å². The monoisotopic (exact) mass is 173 g/mol. The van der Waals surface area contributed by atoms with Gasteiger partial charge in [0.1, 0.15) is 0 Å². The zero-order valence-electron chi connectivity index (χ0n) is 7.01. The Kier molecular flexibility index (Phi) is 2.12. The molecule has 2 aliphatic heterocycles. The summed E-state index contributed by atoms with van der Waals surface area (Å²) in [6.07, 6.45) is 1.25. The molecular formula is C8H15NOS. The number of hydrogen-bond donors (Lipinski definition) is 0. The van der Waals surface area contributed by atoms with Crippen LogP contribution in [-0.4, -0.2) is 48.8 Å². The Morgan fingerprint density at radius 3 is 3.09 bits per heavy atom. The quantitative estimate of drug-likeness (QED) is 0.538. The molecule has 2 aliphatic rings. The topological polar surface area (TPSA) is 12.5 Å². The molecule has 1 spiro atoms. The maximum absolute atomic E-state index is 5.83. The fraction of sp³-hybridized carbons (Fsp3) is 1.00. The van der Waals surface area contributed by atoms with Crippen LogP contribution in [0.4, 0.5) is 0 Å². The second-order valence-electron chi connectivity index (χ2n) is 3.57. The summed E-state index contributed by atoms with van der Waals surface area (Å²) >= 11 is 2.03. The summed E-state index contributed by atoms with van der Waals surface area (Å²) < 4.78 is 5.83. The maximum atomic E-state index is 5.83. The Labute approximate surface area is 72.3 Å². The fourth-order valence-corrected chi connectivity index (χ4v) is 3.21. The Morgan fingerprint density at radius 1 is 1.55 bits per heavy atom. The van der Waals surface area contributed by atoms with Crippen molar-refractivity contribution in [2.45, 2.75) is 12.0 Å². The van der Waals surface area contributed by atoms with Crippen LogP contribution >= 0.6 is 11.8 Å². The zero-order chi connectivity index (χ0) is 7.73. The van der Waals surface area contributed by atoms with Gasteiger partial charge in [0.2, 0.25) is 0 Å². The molecule has 1 atom stereocenters. The van der Waals surface area contributed by atoms with Crippen molar-refractivity contribution in [1.29, 1.82) is 0 Å². The van der Waals surface area contributed by atoms with Gasteiger partial charge in [-0.15, -0.1) is 0 Å². The average molecular weight is 173 g/mol. The average Bonchev–Trinajstić information content (AvgIpc) is 2.37. The Morgan fingerprint density at radius 2 is 2.45 bits per heavy atom. The molecule has 0 bridgehead atoms. The highest BCUT2D eigenvalue weighted by molar-refractivity contribution is 7.99. The van der Waals surface area contributed by atoms with E-state index in [1.165, 1.54) is 17.9 Å². The number of ether oxygens (including phenoxy) is 1. The van der Waals surface area contributed by atoms with Crippen molar-refractivity contribution in [1.82, 2.24) is 4.90 Å². The minimum absolute atomic E-state index is 0.234. The first kappa shape index (κ1) is 7.90. The van der Waals surface area contributed by atoms with E-state index in [0.29, 0.717) is 0 Å². The minimum Gasteiger partial charge on any atom is -0.371 e. The summed E-state index contributed by atoms with van der Waals surface area (Å²) in [6.45, 7) is 3.17. The van der Waals surface area contributed by atoms with Gasteiger partial charge in [-0.1, -0.05) is 0 Å². The van der Waals surface area contributed by atoms with Crippen LogP contribution in [0.15, 0.2) is 0 Å². The molecule has 2 nitrogen and oxygen atoms in total. The first-order valence-corrected chi connectivity index (χ1v) is 5.37. The second-order valence-corrected chi connectivity index (χ2v) is 4.68. The van der Waals surface area contributed by atoms with Crippen LogP contribution in [0.3, 0.4) is 0 Å². The summed E-state index contributed by atoms with van der Waals surface area (Å²) in [4.78, 5) is 2.38. The highest BCUT2D eigenvalue weighted by Gasteiger charge is 2.38. The molecule has 3 heteroatoms. The lowest BCUT2D eigenvalue weighted by Gasteiger charge is -2.38. The van der Waals surface area contributed by atoms with E-state index in [4.69, 9.17) is 4.74 Å². The lowest BCUT2D eigenvalue weighted by atomic mass is 10.0. The van der Waals surface area contributed by atoms with Crippen molar-refractivity contribution in [3.8, 4) is 0 Å². The van der Waals surface area contributed by atoms with E-state index in [0.717, 1.165) is 19.7 Å². The molecule has 0 aromatic rings. The third-order valence-electron chi connectivity index (χ3n) is 2.51. The normalized spacial score (nSPS) is 40.1. The van der Waals surface area contributed by atoms with Gasteiger partial charge in [-0.05, 0) is 19.2 Å². The lowest BCUT2D eigenvalue weighted by Crippen LogP contribution is -2.50. The molecule has 64 valence electrons. The summed E-state index contributed by atoms with van der Waals surface area (Å²) in [5.74, 6) is 2.49. The van der Waals surface area contributed by atoms with Gasteiger partial charge in [0, 0.05) is 18.8 Å². The Balaban J connectivity index is 2.00. The third kappa shape index (κ3) is 1.55. The summed E-state index contributed by atoms with van der Waals surface area (Å²) in [5, 5.41) is 0. The predicted molar refractivity (Wildman–Crippen MR) is 48.1 cm³/mol. The van der Waals surface area contributed by atoms with Crippen LogP contribution in [0.2, 0.25) is 0 Å². The summed E-state index contributed by atoms with van der Waals surface area (Å²) in [6, 6.07) is 0. The van der Waals surface area contributed by atoms with Crippen molar-refractivity contribution < 1.29 is 4.74 Å². The highest BCUT2D eigenvalue weighted by atomic mass is 32.2. The molecule has 0 radical (unpaired) electrons. The summed E-state index contributed by atoms with van der Waals surface area (Å²) in [5.41, 5.74) is 0.234. The van der Waals surface area contributed by atoms with E-state index in [9.17, 15) is 0 Å². The third-order valence-corrected chi connectivity index (χ3v) is 3.73. The van der Waals surface area contributed by atoms with Gasteiger partial charge in [-0.3, -0.25) is 0 Å². The standard InChI is InChI=1S/C8H15NOS/c1-9-3-4-10-8(6-9)2-5-11-7-8/h2-7H2,1H3. The van der Waals surface area contributed by atoms with Crippen molar-refractivity contribution in [2.75, 3.05) is 38.2 Å². The minimum atomic E-state index is 0.234. The molecule has 0 aromatic carbocycles. The molecule has 1 unspecified atom stereocenters. The smallest absolute Gasteiger partial charge is 0.0906 e. The molecule has 0 aromatic heterocycles. The fourth-order valence-electron chi connectivity index (χ4n) is 1.86. The molecule has 0 saturated carbocycles. The van der Waals surface area contributed by atoms with E-state index in [2.05, 4.69) is 11.9 Å². The van der Waals surface area contributed by atoms with Crippen molar-refractivity contribution in [3.05, 3.63) is 0 Å². The second kappa shape index (κ2) is 2.96. The van der Waals surface area contributed by atoms with Gasteiger partial charge in [0.25, 0.3) is 0 Å². The summed E-state index contributed by atoms with van der Waals surface area (Å²) in [7, 11) is 2.19. The van der Waals surface area contributed by atoms with Crippen molar-refractivity contribution in [3.63, 3.8) is 0 Å². The number of likely N-dealkylation sites (N-methyl/N-ethyl adjacent to an activating group) is 1. The first-order valence-electron chi connectivity index (χ1n) is 4.21. The highest BCUT2D eigenvalue weighted by Crippen LogP contribution is 2.33. The molecule has 0 N–H and O–H groups in total. The van der Waals surface area contributed by atoms with Crippen LogP contribution in [0.25, 0.3) is 0 Å². The predicted octanol–water partition coefficient (Wildman–Crippen LogP) is 0.824. The van der Waals surface area contributed by atoms with Gasteiger partial charge in [-0.2, -0.15) is 11.8 Å². The van der Waals surface area contributed by atoms with Gasteiger partial charge in [-0.25, -0.2) is 0 Å². The zero-order valence-corrected chi connectivity index (χ0v) is 7.82. The Hall–Kier alpha value is 0.270. The molecule has 0 aliphatic carbocycles. The molecule has 2 rings (SSSR count). The van der Waals surface area contributed by atoms with Crippen molar-refractivity contribution >= 4 is 11.8 Å². The lowest BCUT2D eigenvalue weighted by molar-refractivity contribution is -0.0855. The van der Waals surface area contributed by atoms with E-state index < -0.39 is 0 Å². The number of hydrogen-bond acceptors (Lipinski definition) is 3. The number of rotatable bonds is 0. The number of morpholine rings is 1. The molecule has 2 heterocycles. The van der Waals surface area contributed by atoms with Crippen LogP contribution in [-0.2, 0) is 4.74 Å². The van der Waals surface area contributed by atoms with E-state index >= 15 is 0 Å². The van der Waals surface area contributed by atoms with Crippen LogP contribution < -0.4 is 0 Å². The maximum Gasteiger partial charge on any atom is 0.0906 e. The first-order chi connectivity index (χ1) is 5.31. The molecule has 2 saturated heterocycles. The molecule has 11 heavy (non-hydrogen) atoms. The Bertz CT molecular complexity index is 145. The van der Waals surface area contributed by atoms with Gasteiger partial charge in [0.05, 0.1) is 12.2 Å². The molecule has 2 fully saturated rings. The van der Waals surface area contributed by atoms with E-state index in [1.807, 2.05) is 11.8 Å². The van der Waals surface area contributed by atoms with E-state index in [1.54, 1.807) is 0 Å². The van der Waals surface area contributed by atoms with E-state index in [-0.39, 0.29) is 5.60 Å². The van der Waals surface area contributed by atoms with Gasteiger partial charge in [0.15, 0.2) is 0 Å². The largest absolute Gasteiger partial charge is 0.371 e. The van der Waals surface area contributed by atoms with Crippen LogP contribution in [0.5, 0.6) is 0 Å². The molecular weight excluding hydrogens is 158 g/mol. The van der Waals surface area contributed by atoms with Crippen LogP contribution in [0, 0.1) is 0 Å². The van der Waals surface area contributed by atoms with Crippen molar-refractivity contribution in [2.24, 2.45) is 0 Å². The van der Waals surface area contributed by atoms with Gasteiger partial charge < -0.3 is 9.64 Å². The van der Waals surface area contributed by atoms with Crippen LogP contribution in [0.1, 0.15) is 6.42 Å². The molecule has 0 amide bonds.